The molecule has 0 unspecified atom stereocenters. The van der Waals surface area contributed by atoms with Crippen molar-refractivity contribution in [2.75, 3.05) is 19.0 Å². The van der Waals surface area contributed by atoms with Gasteiger partial charge in [-0.05, 0) is 61.3 Å². The summed E-state index contributed by atoms with van der Waals surface area (Å²) in [5.74, 6) is 0.173. The number of carboxylic acid groups (broad SMARTS) is 1. The molecule has 0 aliphatic carbocycles. The fraction of sp³-hybridized carbons (Fsp3) is 0.240. The maximum Gasteiger partial charge on any atom is 0.338 e. The van der Waals surface area contributed by atoms with Crippen molar-refractivity contribution in [2.24, 2.45) is 0 Å². The van der Waals surface area contributed by atoms with E-state index in [2.05, 4.69) is 17.0 Å². The second-order valence-electron chi connectivity index (χ2n) is 7.94. The molecule has 0 saturated heterocycles. The van der Waals surface area contributed by atoms with Crippen LogP contribution in [0.15, 0.2) is 59.5 Å². The molecule has 0 radical (unpaired) electrons. The van der Waals surface area contributed by atoms with Crippen molar-refractivity contribution in [1.29, 1.82) is 0 Å². The topological polar surface area (TPSA) is 114 Å². The molecule has 0 atom stereocenters. The van der Waals surface area contributed by atoms with Gasteiger partial charge in [-0.1, -0.05) is 31.5 Å². The zero-order chi connectivity index (χ0) is 24.3. The monoisotopic (exact) mass is 482 g/mol. The molecule has 3 aromatic carbocycles. The summed E-state index contributed by atoms with van der Waals surface area (Å²) in [6.45, 7) is 2.80. The lowest BCUT2D eigenvalue weighted by Gasteiger charge is -2.24. The van der Waals surface area contributed by atoms with Crippen molar-refractivity contribution in [3.05, 3.63) is 71.3 Å². The Morgan fingerprint density at radius 3 is 2.62 bits per heavy atom. The predicted octanol–water partition coefficient (Wildman–Crippen LogP) is 4.91. The number of fused-ring (bicyclic) bond motifs is 2. The number of sulfonamides is 1. The number of ether oxygens (including phenoxy) is 2. The highest BCUT2D eigenvalue weighted by atomic mass is 32.2. The van der Waals surface area contributed by atoms with Crippen molar-refractivity contribution < 1.29 is 27.8 Å². The summed E-state index contributed by atoms with van der Waals surface area (Å²) < 4.78 is 38.3. The van der Waals surface area contributed by atoms with Crippen LogP contribution in [0.25, 0.3) is 0 Å². The van der Waals surface area contributed by atoms with Gasteiger partial charge in [-0.15, -0.1) is 0 Å². The van der Waals surface area contributed by atoms with Crippen LogP contribution >= 0.6 is 0 Å². The van der Waals surface area contributed by atoms with Crippen LogP contribution in [0.5, 0.6) is 17.2 Å². The van der Waals surface area contributed by atoms with Gasteiger partial charge in [-0.25, -0.2) is 17.9 Å². The molecule has 0 bridgehead atoms. The molecule has 0 spiro atoms. The van der Waals surface area contributed by atoms with E-state index in [1.807, 2.05) is 36.4 Å². The van der Waals surface area contributed by atoms with Crippen LogP contribution in [0.3, 0.4) is 0 Å². The van der Waals surface area contributed by atoms with Gasteiger partial charge in [0.25, 0.3) is 0 Å². The average molecular weight is 483 g/mol. The fourth-order valence-electron chi connectivity index (χ4n) is 3.68. The molecular formula is C25H26N2O6S. The Kier molecular flexibility index (Phi) is 6.76. The summed E-state index contributed by atoms with van der Waals surface area (Å²) in [5.41, 5.74) is 2.69. The number of hydrogen-bond acceptors (Lipinski definition) is 6. The first-order valence-corrected chi connectivity index (χ1v) is 12.4. The van der Waals surface area contributed by atoms with Crippen LogP contribution in [-0.4, -0.2) is 33.1 Å². The maximum atomic E-state index is 12.2. The number of benzene rings is 3. The molecule has 0 aromatic heterocycles. The lowest BCUT2D eigenvalue weighted by atomic mass is 10.0. The second kappa shape index (κ2) is 9.74. The van der Waals surface area contributed by atoms with E-state index in [4.69, 9.17) is 9.47 Å². The molecule has 4 rings (SSSR count). The fourth-order valence-corrected chi connectivity index (χ4v) is 4.45. The molecule has 1 heterocycles. The highest BCUT2D eigenvalue weighted by Gasteiger charge is 2.27. The minimum absolute atomic E-state index is 0.130. The highest BCUT2D eigenvalue weighted by Crippen LogP contribution is 2.45. The quantitative estimate of drug-likeness (QED) is 0.290. The van der Waals surface area contributed by atoms with E-state index in [0.717, 1.165) is 35.8 Å². The predicted molar refractivity (Wildman–Crippen MR) is 129 cm³/mol. The maximum absolute atomic E-state index is 12.2. The molecule has 1 aliphatic rings. The molecule has 178 valence electrons. The smallest absolute Gasteiger partial charge is 0.338 e. The standard InChI is InChI=1S/C25H26N2O6S/c1-3-4-10-32-18-7-5-6-16(12-18)11-17-8-9-22-21(13-17)27-24-20(25(28)29)14-19(15-23(24)33-22)34(30,31)26-2/h5-9,12-15,26-27H,3-4,10-11H2,1-2H3,(H,28,29). The molecule has 0 fully saturated rings. The summed E-state index contributed by atoms with van der Waals surface area (Å²) in [6, 6.07) is 16.0. The molecule has 3 aromatic rings. The van der Waals surface area contributed by atoms with Crippen molar-refractivity contribution in [2.45, 2.75) is 31.1 Å². The first-order chi connectivity index (χ1) is 16.3. The van der Waals surface area contributed by atoms with E-state index in [1.54, 1.807) is 6.07 Å². The van der Waals surface area contributed by atoms with E-state index < -0.39 is 16.0 Å². The van der Waals surface area contributed by atoms with Gasteiger partial charge in [0, 0.05) is 6.07 Å². The third-order valence-electron chi connectivity index (χ3n) is 5.48. The number of carbonyl (C=O) groups is 1. The highest BCUT2D eigenvalue weighted by molar-refractivity contribution is 7.89. The van der Waals surface area contributed by atoms with E-state index in [9.17, 15) is 18.3 Å². The second-order valence-corrected chi connectivity index (χ2v) is 9.83. The number of rotatable bonds is 9. The number of nitrogens with one attached hydrogen (secondary N) is 2. The minimum atomic E-state index is -3.85. The van der Waals surface area contributed by atoms with Gasteiger partial charge < -0.3 is 19.9 Å². The van der Waals surface area contributed by atoms with Crippen molar-refractivity contribution >= 4 is 27.4 Å². The van der Waals surface area contributed by atoms with Gasteiger partial charge in [-0.3, -0.25) is 0 Å². The summed E-state index contributed by atoms with van der Waals surface area (Å²) in [5, 5.41) is 12.8. The molecule has 8 nitrogen and oxygen atoms in total. The van der Waals surface area contributed by atoms with E-state index in [-0.39, 0.29) is 21.9 Å². The third kappa shape index (κ3) is 5.00. The first kappa shape index (κ1) is 23.6. The third-order valence-corrected chi connectivity index (χ3v) is 6.88. The molecule has 34 heavy (non-hydrogen) atoms. The Hall–Kier alpha value is -3.56. The summed E-state index contributed by atoms with van der Waals surface area (Å²) in [6.07, 6.45) is 2.73. The molecule has 1 aliphatic heterocycles. The van der Waals surface area contributed by atoms with Gasteiger partial charge in [-0.2, -0.15) is 0 Å². The summed E-state index contributed by atoms with van der Waals surface area (Å²) in [4.78, 5) is 11.7. The Balaban J connectivity index is 1.60. The largest absolute Gasteiger partial charge is 0.494 e. The van der Waals surface area contributed by atoms with E-state index in [1.165, 1.54) is 13.1 Å². The van der Waals surface area contributed by atoms with Crippen molar-refractivity contribution in [1.82, 2.24) is 4.72 Å². The molecule has 3 N–H and O–H groups in total. The Labute approximate surface area is 198 Å². The summed E-state index contributed by atoms with van der Waals surface area (Å²) >= 11 is 0. The Morgan fingerprint density at radius 1 is 1.09 bits per heavy atom. The number of carboxylic acids is 1. The number of unbranched alkanes of at least 4 members (excludes halogenated alkanes) is 1. The van der Waals surface area contributed by atoms with Crippen LogP contribution in [0, 0.1) is 0 Å². The SMILES string of the molecule is CCCCOc1cccc(Cc2ccc3c(c2)Nc2c(cc(S(=O)(=O)NC)cc2C(=O)O)O3)c1. The van der Waals surface area contributed by atoms with Crippen LogP contribution < -0.4 is 19.5 Å². The molecule has 0 saturated carbocycles. The Morgan fingerprint density at radius 2 is 1.88 bits per heavy atom. The van der Waals surface area contributed by atoms with Gasteiger partial charge in [0.15, 0.2) is 11.5 Å². The van der Waals surface area contributed by atoms with Crippen LogP contribution in [0.4, 0.5) is 11.4 Å². The zero-order valence-electron chi connectivity index (χ0n) is 18.9. The van der Waals surface area contributed by atoms with Crippen LogP contribution in [0.1, 0.15) is 41.3 Å². The number of anilines is 2. The van der Waals surface area contributed by atoms with Crippen LogP contribution in [-0.2, 0) is 16.4 Å². The lowest BCUT2D eigenvalue weighted by molar-refractivity contribution is 0.0697. The van der Waals surface area contributed by atoms with Gasteiger partial charge in [0.1, 0.15) is 5.75 Å². The van der Waals surface area contributed by atoms with Crippen molar-refractivity contribution in [3.63, 3.8) is 0 Å². The minimum Gasteiger partial charge on any atom is -0.494 e. The van der Waals surface area contributed by atoms with Crippen LogP contribution in [0.2, 0.25) is 0 Å². The Bertz CT molecular complexity index is 1340. The molecule has 0 amide bonds. The normalized spacial score (nSPS) is 12.2. The number of aromatic carboxylic acids is 1. The van der Waals surface area contributed by atoms with Crippen molar-refractivity contribution in [3.8, 4) is 17.2 Å². The van der Waals surface area contributed by atoms with Gasteiger partial charge in [0.05, 0.1) is 28.4 Å². The van der Waals surface area contributed by atoms with Gasteiger partial charge >= 0.3 is 5.97 Å². The summed E-state index contributed by atoms with van der Waals surface area (Å²) in [7, 11) is -2.59. The first-order valence-electron chi connectivity index (χ1n) is 10.9. The van der Waals surface area contributed by atoms with E-state index >= 15 is 0 Å². The average Bonchev–Trinajstić information content (AvgIpc) is 2.82. The zero-order valence-corrected chi connectivity index (χ0v) is 19.7. The molecule has 9 heteroatoms. The van der Waals surface area contributed by atoms with Gasteiger partial charge in [0.2, 0.25) is 10.0 Å². The van der Waals surface area contributed by atoms with E-state index in [0.29, 0.717) is 24.5 Å². The molecular weight excluding hydrogens is 456 g/mol. The lowest BCUT2D eigenvalue weighted by Crippen LogP contribution is -2.20. The number of hydrogen-bond donors (Lipinski definition) is 3.